The van der Waals surface area contributed by atoms with Crippen LogP contribution in [-0.4, -0.2) is 22.2 Å². The van der Waals surface area contributed by atoms with Gasteiger partial charge < -0.3 is 9.73 Å². The molecule has 5 heteroatoms. The summed E-state index contributed by atoms with van der Waals surface area (Å²) in [6, 6.07) is 7.99. The third kappa shape index (κ3) is 3.59. The van der Waals surface area contributed by atoms with Gasteiger partial charge in [-0.05, 0) is 31.9 Å². The Morgan fingerprint density at radius 1 is 1.33 bits per heavy atom. The van der Waals surface area contributed by atoms with E-state index >= 15 is 0 Å². The molecular weight excluding hydrogens is 284 g/mol. The molecule has 0 saturated heterocycles. The van der Waals surface area contributed by atoms with E-state index in [-0.39, 0.29) is 11.2 Å². The van der Waals surface area contributed by atoms with Crippen molar-refractivity contribution in [3.05, 3.63) is 24.3 Å². The maximum atomic E-state index is 12.2. The van der Waals surface area contributed by atoms with Gasteiger partial charge in [0.05, 0.1) is 5.25 Å². The molecule has 4 nitrogen and oxygen atoms in total. The molecule has 0 radical (unpaired) electrons. The van der Waals surface area contributed by atoms with Crippen molar-refractivity contribution in [3.63, 3.8) is 0 Å². The number of para-hydroxylation sites is 2. The first kappa shape index (κ1) is 14.4. The van der Waals surface area contributed by atoms with Crippen molar-refractivity contribution in [1.29, 1.82) is 0 Å². The fourth-order valence-electron chi connectivity index (χ4n) is 2.67. The third-order valence-electron chi connectivity index (χ3n) is 3.87. The molecule has 1 aromatic heterocycles. The standard InChI is InChI=1S/C16H20N2O2S/c1-11(15(19)17-12-7-3-2-4-8-12)21-16-18-13-9-5-6-10-14(13)20-16/h5-6,9-12H,2-4,7-8H2,1H3,(H,17,19)/t11-/m1/s1. The number of carbonyl (C=O) groups is 1. The van der Waals surface area contributed by atoms with Crippen LogP contribution in [-0.2, 0) is 4.79 Å². The molecule has 21 heavy (non-hydrogen) atoms. The van der Waals surface area contributed by atoms with Gasteiger partial charge in [0.15, 0.2) is 5.58 Å². The van der Waals surface area contributed by atoms with Crippen molar-refractivity contribution >= 4 is 28.8 Å². The second-order valence-corrected chi connectivity index (χ2v) is 6.84. The van der Waals surface area contributed by atoms with Gasteiger partial charge in [-0.25, -0.2) is 4.98 Å². The quantitative estimate of drug-likeness (QED) is 0.874. The lowest BCUT2D eigenvalue weighted by molar-refractivity contribution is -0.121. The highest BCUT2D eigenvalue weighted by Gasteiger charge is 2.22. The molecule has 112 valence electrons. The fraction of sp³-hybridized carbons (Fsp3) is 0.500. The normalized spacial score (nSPS) is 17.8. The number of oxazole rings is 1. The smallest absolute Gasteiger partial charge is 0.257 e. The number of fused-ring (bicyclic) bond motifs is 1. The van der Waals surface area contributed by atoms with Crippen LogP contribution in [0.4, 0.5) is 0 Å². The number of nitrogens with one attached hydrogen (secondary N) is 1. The van der Waals surface area contributed by atoms with E-state index in [4.69, 9.17) is 4.42 Å². The average molecular weight is 304 g/mol. The summed E-state index contributed by atoms with van der Waals surface area (Å²) in [4.78, 5) is 16.6. The Balaban J connectivity index is 1.59. The van der Waals surface area contributed by atoms with Crippen LogP contribution in [0.5, 0.6) is 0 Å². The minimum absolute atomic E-state index is 0.0779. The summed E-state index contributed by atoms with van der Waals surface area (Å²) in [5.74, 6) is 0.0779. The van der Waals surface area contributed by atoms with Crippen LogP contribution in [0.15, 0.2) is 33.9 Å². The largest absolute Gasteiger partial charge is 0.431 e. The first-order chi connectivity index (χ1) is 10.2. The number of aromatic nitrogens is 1. The average Bonchev–Trinajstić information content (AvgIpc) is 2.90. The lowest BCUT2D eigenvalue weighted by atomic mass is 9.95. The van der Waals surface area contributed by atoms with Crippen molar-refractivity contribution in [1.82, 2.24) is 10.3 Å². The van der Waals surface area contributed by atoms with Crippen LogP contribution in [0.25, 0.3) is 11.1 Å². The number of amides is 1. The molecule has 1 atom stereocenters. The summed E-state index contributed by atoms with van der Waals surface area (Å²) < 4.78 is 5.65. The van der Waals surface area contributed by atoms with Crippen LogP contribution < -0.4 is 5.32 Å². The molecule has 1 saturated carbocycles. The molecule has 1 fully saturated rings. The van der Waals surface area contributed by atoms with Crippen LogP contribution in [0.2, 0.25) is 0 Å². The first-order valence-electron chi connectivity index (χ1n) is 7.55. The van der Waals surface area contributed by atoms with E-state index in [0.29, 0.717) is 11.3 Å². The van der Waals surface area contributed by atoms with Gasteiger partial charge in [-0.15, -0.1) is 0 Å². The topological polar surface area (TPSA) is 55.1 Å². The van der Waals surface area contributed by atoms with Crippen molar-refractivity contribution in [2.75, 3.05) is 0 Å². The second kappa shape index (κ2) is 6.52. The Hall–Kier alpha value is -1.49. The van der Waals surface area contributed by atoms with Crippen molar-refractivity contribution in [3.8, 4) is 0 Å². The molecule has 1 aliphatic rings. The van der Waals surface area contributed by atoms with E-state index in [2.05, 4.69) is 10.3 Å². The van der Waals surface area contributed by atoms with Gasteiger partial charge in [-0.2, -0.15) is 0 Å². The molecule has 0 spiro atoms. The predicted molar refractivity (Wildman–Crippen MR) is 84.3 cm³/mol. The molecule has 1 N–H and O–H groups in total. The maximum absolute atomic E-state index is 12.2. The summed E-state index contributed by atoms with van der Waals surface area (Å²) in [6.07, 6.45) is 5.94. The van der Waals surface area contributed by atoms with Gasteiger partial charge >= 0.3 is 0 Å². The molecular formula is C16H20N2O2S. The zero-order valence-electron chi connectivity index (χ0n) is 12.2. The van der Waals surface area contributed by atoms with E-state index in [1.165, 1.54) is 31.0 Å². The molecule has 2 aromatic rings. The monoisotopic (exact) mass is 304 g/mol. The summed E-state index contributed by atoms with van der Waals surface area (Å²) in [6.45, 7) is 1.90. The number of nitrogens with zero attached hydrogens (tertiary/aromatic N) is 1. The highest BCUT2D eigenvalue weighted by Crippen LogP contribution is 2.27. The number of rotatable bonds is 4. The van der Waals surface area contributed by atoms with E-state index in [9.17, 15) is 4.79 Å². The number of carbonyl (C=O) groups excluding carboxylic acids is 1. The van der Waals surface area contributed by atoms with Crippen LogP contribution in [0, 0.1) is 0 Å². The lowest BCUT2D eigenvalue weighted by Gasteiger charge is -2.23. The highest BCUT2D eigenvalue weighted by atomic mass is 32.2. The summed E-state index contributed by atoms with van der Waals surface area (Å²) >= 11 is 1.38. The van der Waals surface area contributed by atoms with E-state index in [1.54, 1.807) is 0 Å². The molecule has 1 amide bonds. The van der Waals surface area contributed by atoms with Crippen LogP contribution >= 0.6 is 11.8 Å². The SMILES string of the molecule is C[C@@H](Sc1nc2ccccc2o1)C(=O)NC1CCCCC1. The third-order valence-corrected chi connectivity index (χ3v) is 4.82. The molecule has 0 bridgehead atoms. The molecule has 0 unspecified atom stereocenters. The predicted octanol–water partition coefficient (Wildman–Crippen LogP) is 3.76. The Kier molecular flexibility index (Phi) is 4.48. The number of hydrogen-bond acceptors (Lipinski definition) is 4. The molecule has 1 aliphatic carbocycles. The maximum Gasteiger partial charge on any atom is 0.257 e. The fourth-order valence-corrected chi connectivity index (χ4v) is 3.44. The molecule has 1 heterocycles. The summed E-state index contributed by atoms with van der Waals surface area (Å²) in [7, 11) is 0. The van der Waals surface area contributed by atoms with Gasteiger partial charge in [0.25, 0.3) is 5.22 Å². The van der Waals surface area contributed by atoms with Crippen molar-refractivity contribution in [2.24, 2.45) is 0 Å². The van der Waals surface area contributed by atoms with Gasteiger partial charge in [0.1, 0.15) is 5.52 Å². The first-order valence-corrected chi connectivity index (χ1v) is 8.43. The Bertz CT molecular complexity index is 587. The number of thioether (sulfide) groups is 1. The molecule has 0 aliphatic heterocycles. The van der Waals surface area contributed by atoms with Gasteiger partial charge in [-0.3, -0.25) is 4.79 Å². The highest BCUT2D eigenvalue weighted by molar-refractivity contribution is 8.00. The molecule has 1 aromatic carbocycles. The Morgan fingerprint density at radius 3 is 2.86 bits per heavy atom. The van der Waals surface area contributed by atoms with Crippen LogP contribution in [0.1, 0.15) is 39.0 Å². The lowest BCUT2D eigenvalue weighted by Crippen LogP contribution is -2.40. The Morgan fingerprint density at radius 2 is 2.10 bits per heavy atom. The van der Waals surface area contributed by atoms with Gasteiger partial charge in [0, 0.05) is 6.04 Å². The van der Waals surface area contributed by atoms with E-state index < -0.39 is 0 Å². The zero-order chi connectivity index (χ0) is 14.7. The van der Waals surface area contributed by atoms with Gasteiger partial charge in [-0.1, -0.05) is 43.2 Å². The molecule has 3 rings (SSSR count). The van der Waals surface area contributed by atoms with Crippen molar-refractivity contribution in [2.45, 2.75) is 55.5 Å². The summed E-state index contributed by atoms with van der Waals surface area (Å²) in [5, 5.41) is 3.51. The minimum atomic E-state index is -0.194. The van der Waals surface area contributed by atoms with E-state index in [1.807, 2.05) is 31.2 Å². The van der Waals surface area contributed by atoms with E-state index in [0.717, 1.165) is 23.9 Å². The number of benzene rings is 1. The Labute approximate surface area is 128 Å². The van der Waals surface area contributed by atoms with Crippen molar-refractivity contribution < 1.29 is 9.21 Å². The van der Waals surface area contributed by atoms with Crippen LogP contribution in [0.3, 0.4) is 0 Å². The second-order valence-electron chi connectivity index (χ2n) is 5.55. The zero-order valence-corrected chi connectivity index (χ0v) is 13.0. The minimum Gasteiger partial charge on any atom is -0.431 e. The number of hydrogen-bond donors (Lipinski definition) is 1. The van der Waals surface area contributed by atoms with Gasteiger partial charge in [0.2, 0.25) is 5.91 Å². The summed E-state index contributed by atoms with van der Waals surface area (Å²) in [5.41, 5.74) is 1.60.